The lowest BCUT2D eigenvalue weighted by Crippen LogP contribution is -2.34. The first-order valence-corrected chi connectivity index (χ1v) is 4.54. The topological polar surface area (TPSA) is 37.4 Å². The van der Waals surface area contributed by atoms with Crippen LogP contribution >= 0.6 is 0 Å². The highest BCUT2D eigenvalue weighted by Crippen LogP contribution is 2.42. The Balaban J connectivity index is 2.31. The molecule has 3 nitrogen and oxygen atoms in total. The molecule has 0 aromatic rings. The van der Waals surface area contributed by atoms with Crippen LogP contribution < -0.4 is 0 Å². The van der Waals surface area contributed by atoms with Crippen LogP contribution in [0.1, 0.15) is 13.3 Å². The first-order chi connectivity index (χ1) is 6.57. The molecule has 0 bridgehead atoms. The molecular formula is C10H10BNO2. The van der Waals surface area contributed by atoms with Gasteiger partial charge in [0, 0.05) is 17.2 Å². The molecule has 0 aromatic heterocycles. The number of hydrogen-bond donors (Lipinski definition) is 0. The van der Waals surface area contributed by atoms with Crippen molar-refractivity contribution in [1.29, 1.82) is 0 Å². The predicted octanol–water partition coefficient (Wildman–Crippen LogP) is 0.587. The van der Waals surface area contributed by atoms with Crippen LogP contribution in [0.3, 0.4) is 0 Å². The Kier molecular flexibility index (Phi) is 1.87. The fraction of sp³-hybridized carbons (Fsp3) is 0.400. The lowest BCUT2D eigenvalue weighted by molar-refractivity contribution is -0.138. The first kappa shape index (κ1) is 9.25. The molecule has 0 aromatic carbocycles. The van der Waals surface area contributed by atoms with Gasteiger partial charge >= 0.3 is 0 Å². The summed E-state index contributed by atoms with van der Waals surface area (Å²) in [6.07, 6.45) is 2.15. The van der Waals surface area contributed by atoms with Gasteiger partial charge in [0.05, 0.1) is 7.85 Å². The summed E-state index contributed by atoms with van der Waals surface area (Å²) >= 11 is 0. The van der Waals surface area contributed by atoms with Gasteiger partial charge in [0.1, 0.15) is 0 Å². The molecule has 70 valence electrons. The Labute approximate surface area is 83.9 Å². The van der Waals surface area contributed by atoms with E-state index in [-0.39, 0.29) is 23.7 Å². The lowest BCUT2D eigenvalue weighted by atomic mass is 10.0. The average Bonchev–Trinajstić information content (AvgIpc) is 2.78. The summed E-state index contributed by atoms with van der Waals surface area (Å²) in [5.41, 5.74) is 0.887. The van der Waals surface area contributed by atoms with Gasteiger partial charge in [-0.1, -0.05) is 18.5 Å². The van der Waals surface area contributed by atoms with Crippen LogP contribution in [0, 0.1) is 0 Å². The summed E-state index contributed by atoms with van der Waals surface area (Å²) in [5, 5.41) is 0. The second-order valence-electron chi connectivity index (χ2n) is 3.69. The minimum absolute atomic E-state index is 0.0418. The third-order valence-electron chi connectivity index (χ3n) is 2.73. The molecular weight excluding hydrogens is 177 g/mol. The van der Waals surface area contributed by atoms with E-state index in [0.717, 1.165) is 6.42 Å². The molecule has 1 heterocycles. The maximum Gasteiger partial charge on any atom is 0.261 e. The summed E-state index contributed by atoms with van der Waals surface area (Å²) in [5.74, 6) is -0.511. The van der Waals surface area contributed by atoms with Crippen LogP contribution in [-0.2, 0) is 9.59 Å². The van der Waals surface area contributed by atoms with E-state index < -0.39 is 0 Å². The van der Waals surface area contributed by atoms with Crippen molar-refractivity contribution in [3.63, 3.8) is 0 Å². The Morgan fingerprint density at radius 1 is 1.50 bits per heavy atom. The van der Waals surface area contributed by atoms with Gasteiger partial charge < -0.3 is 0 Å². The van der Waals surface area contributed by atoms with Crippen LogP contribution in [0.25, 0.3) is 0 Å². The van der Waals surface area contributed by atoms with Crippen molar-refractivity contribution < 1.29 is 9.59 Å². The van der Waals surface area contributed by atoms with Crippen molar-refractivity contribution in [2.75, 3.05) is 0 Å². The molecule has 1 aliphatic heterocycles. The number of nitrogens with zero attached hydrogens (tertiary/aromatic N) is 1. The molecule has 0 saturated heterocycles. The first-order valence-electron chi connectivity index (χ1n) is 4.54. The normalized spacial score (nSPS) is 31.4. The molecule has 14 heavy (non-hydrogen) atoms. The molecule has 1 aliphatic carbocycles. The minimum Gasteiger partial charge on any atom is -0.272 e. The standard InChI is InChI=1S/C10H10BNO2/c1-3-6-5(2)9(13)12(10(6)14)8-4-7(8)11/h3,7-8H,1,4H2,2H3. The van der Waals surface area contributed by atoms with Crippen LogP contribution in [-0.4, -0.2) is 30.6 Å². The largest absolute Gasteiger partial charge is 0.272 e. The van der Waals surface area contributed by atoms with E-state index in [4.69, 9.17) is 7.85 Å². The summed E-state index contributed by atoms with van der Waals surface area (Å²) in [6.45, 7) is 5.17. The van der Waals surface area contributed by atoms with Gasteiger partial charge in [-0.15, -0.1) is 0 Å². The van der Waals surface area contributed by atoms with Gasteiger partial charge in [0.15, 0.2) is 0 Å². The molecule has 0 N–H and O–H groups in total. The second kappa shape index (κ2) is 2.84. The number of imide groups is 1. The molecule has 1 fully saturated rings. The van der Waals surface area contributed by atoms with Gasteiger partial charge in [-0.05, 0) is 13.3 Å². The van der Waals surface area contributed by atoms with Crippen molar-refractivity contribution in [2.24, 2.45) is 0 Å². The summed E-state index contributed by atoms with van der Waals surface area (Å²) in [7, 11) is 5.61. The third kappa shape index (κ3) is 1.06. The smallest absolute Gasteiger partial charge is 0.261 e. The van der Waals surface area contributed by atoms with E-state index in [9.17, 15) is 9.59 Å². The van der Waals surface area contributed by atoms with E-state index in [0.29, 0.717) is 11.1 Å². The maximum absolute atomic E-state index is 11.7. The maximum atomic E-state index is 11.7. The van der Waals surface area contributed by atoms with E-state index in [2.05, 4.69) is 6.58 Å². The number of hydrogen-bond acceptors (Lipinski definition) is 2. The predicted molar refractivity (Wildman–Crippen MR) is 52.7 cm³/mol. The van der Waals surface area contributed by atoms with Gasteiger partial charge in [-0.25, -0.2) is 0 Å². The average molecular weight is 187 g/mol. The summed E-state index contributed by atoms with van der Waals surface area (Å²) < 4.78 is 0. The van der Waals surface area contributed by atoms with Crippen molar-refractivity contribution in [3.8, 4) is 0 Å². The number of rotatable bonds is 2. The quantitative estimate of drug-likeness (QED) is 0.468. The third-order valence-corrected chi connectivity index (χ3v) is 2.73. The van der Waals surface area contributed by atoms with E-state index >= 15 is 0 Å². The highest BCUT2D eigenvalue weighted by Gasteiger charge is 2.47. The minimum atomic E-state index is -0.250. The summed E-state index contributed by atoms with van der Waals surface area (Å²) in [4.78, 5) is 24.6. The molecule has 4 heteroatoms. The fourth-order valence-electron chi connectivity index (χ4n) is 1.72. The number of carbonyl (C=O) groups excluding carboxylic acids is 2. The molecule has 2 atom stereocenters. The monoisotopic (exact) mass is 187 g/mol. The fourth-order valence-corrected chi connectivity index (χ4v) is 1.72. The molecule has 0 spiro atoms. The Bertz CT molecular complexity index is 372. The van der Waals surface area contributed by atoms with Crippen molar-refractivity contribution in [3.05, 3.63) is 23.8 Å². The Hall–Kier alpha value is -1.32. The van der Waals surface area contributed by atoms with Gasteiger partial charge in [-0.3, -0.25) is 14.5 Å². The van der Waals surface area contributed by atoms with Crippen molar-refractivity contribution in [1.82, 2.24) is 4.90 Å². The highest BCUT2D eigenvalue weighted by atomic mass is 16.2. The van der Waals surface area contributed by atoms with E-state index in [1.807, 2.05) is 0 Å². The lowest BCUT2D eigenvalue weighted by Gasteiger charge is -2.13. The number of carbonyl (C=O) groups is 2. The zero-order chi connectivity index (χ0) is 10.5. The van der Waals surface area contributed by atoms with Crippen LogP contribution in [0.2, 0.25) is 5.82 Å². The van der Waals surface area contributed by atoms with Crippen LogP contribution in [0.15, 0.2) is 23.8 Å². The van der Waals surface area contributed by atoms with Gasteiger partial charge in [0.2, 0.25) is 0 Å². The van der Waals surface area contributed by atoms with Gasteiger partial charge in [0.25, 0.3) is 11.8 Å². The van der Waals surface area contributed by atoms with Crippen molar-refractivity contribution in [2.45, 2.75) is 25.2 Å². The van der Waals surface area contributed by atoms with Gasteiger partial charge in [-0.2, -0.15) is 0 Å². The summed E-state index contributed by atoms with van der Waals surface area (Å²) in [6, 6.07) is -0.0950. The highest BCUT2D eigenvalue weighted by molar-refractivity contribution is 6.22. The molecule has 2 unspecified atom stereocenters. The molecule has 1 saturated carbocycles. The molecule has 2 amide bonds. The number of amides is 2. The zero-order valence-electron chi connectivity index (χ0n) is 7.99. The zero-order valence-corrected chi connectivity index (χ0v) is 7.99. The van der Waals surface area contributed by atoms with E-state index in [1.165, 1.54) is 11.0 Å². The van der Waals surface area contributed by atoms with Crippen LogP contribution in [0.5, 0.6) is 0 Å². The SMILES string of the molecule is [B]C1CC1N1C(=O)C(C)=C(C=C)C1=O. The molecule has 2 aliphatic rings. The molecule has 2 radical (unpaired) electrons. The van der Waals surface area contributed by atoms with Crippen LogP contribution in [0.4, 0.5) is 0 Å². The van der Waals surface area contributed by atoms with Crippen molar-refractivity contribution >= 4 is 19.7 Å². The molecule has 2 rings (SSSR count). The Morgan fingerprint density at radius 3 is 2.43 bits per heavy atom. The second-order valence-corrected chi connectivity index (χ2v) is 3.69. The van der Waals surface area contributed by atoms with E-state index in [1.54, 1.807) is 6.92 Å². The Morgan fingerprint density at radius 2 is 2.07 bits per heavy atom.